The molecule has 17 heavy (non-hydrogen) atoms. The van der Waals surface area contributed by atoms with Crippen molar-refractivity contribution in [3.05, 3.63) is 17.5 Å². The standard InChI is InChI=1S/C11H17NO3S2/c13-8-2-5-10-4-1-7-12(10)17(14,15)11-6-3-9-16-11/h3,6,9-10,13H,1-2,4-5,7-8H2. The van der Waals surface area contributed by atoms with E-state index in [9.17, 15) is 8.42 Å². The summed E-state index contributed by atoms with van der Waals surface area (Å²) < 4.78 is 26.7. The Kier molecular flexibility index (Phi) is 4.19. The molecule has 0 spiro atoms. The lowest BCUT2D eigenvalue weighted by Gasteiger charge is -2.23. The molecule has 1 aliphatic rings. The van der Waals surface area contributed by atoms with Crippen molar-refractivity contribution in [2.75, 3.05) is 13.2 Å². The van der Waals surface area contributed by atoms with Gasteiger partial charge in [0, 0.05) is 19.2 Å². The molecule has 4 nitrogen and oxygen atoms in total. The first-order chi connectivity index (χ1) is 8.16. The highest BCUT2D eigenvalue weighted by Crippen LogP contribution is 2.30. The molecular weight excluding hydrogens is 258 g/mol. The second-order valence-corrected chi connectivity index (χ2v) is 7.27. The van der Waals surface area contributed by atoms with Crippen molar-refractivity contribution in [2.24, 2.45) is 0 Å². The van der Waals surface area contributed by atoms with E-state index in [0.29, 0.717) is 17.2 Å². The van der Waals surface area contributed by atoms with Crippen LogP contribution in [-0.2, 0) is 10.0 Å². The second-order valence-electron chi connectivity index (χ2n) is 4.21. The maximum atomic E-state index is 12.3. The predicted molar refractivity (Wildman–Crippen MR) is 67.6 cm³/mol. The number of sulfonamides is 1. The summed E-state index contributed by atoms with van der Waals surface area (Å²) >= 11 is 1.26. The van der Waals surface area contributed by atoms with Gasteiger partial charge >= 0.3 is 0 Å². The van der Waals surface area contributed by atoms with Crippen LogP contribution in [0.25, 0.3) is 0 Å². The van der Waals surface area contributed by atoms with Gasteiger partial charge in [-0.2, -0.15) is 4.31 Å². The van der Waals surface area contributed by atoms with Crippen molar-refractivity contribution >= 4 is 21.4 Å². The number of hydrogen-bond donors (Lipinski definition) is 1. The molecule has 0 radical (unpaired) electrons. The fourth-order valence-electron chi connectivity index (χ4n) is 2.27. The summed E-state index contributed by atoms with van der Waals surface area (Å²) in [4.78, 5) is 0. The van der Waals surface area contributed by atoms with Crippen LogP contribution in [0.4, 0.5) is 0 Å². The Hall–Kier alpha value is -0.430. The molecule has 1 N–H and O–H groups in total. The van der Waals surface area contributed by atoms with E-state index in [4.69, 9.17) is 5.11 Å². The number of hydrogen-bond acceptors (Lipinski definition) is 4. The highest BCUT2D eigenvalue weighted by atomic mass is 32.2. The first-order valence-electron chi connectivity index (χ1n) is 5.82. The van der Waals surface area contributed by atoms with Gasteiger partial charge in [0.25, 0.3) is 10.0 Å². The van der Waals surface area contributed by atoms with Gasteiger partial charge in [-0.3, -0.25) is 0 Å². The summed E-state index contributed by atoms with van der Waals surface area (Å²) in [5, 5.41) is 10.6. The highest BCUT2D eigenvalue weighted by Gasteiger charge is 2.35. The topological polar surface area (TPSA) is 57.6 Å². The molecule has 1 aliphatic heterocycles. The van der Waals surface area contributed by atoms with E-state index in [2.05, 4.69) is 0 Å². The maximum absolute atomic E-state index is 12.3. The lowest BCUT2D eigenvalue weighted by molar-refractivity contribution is 0.264. The molecule has 0 amide bonds. The molecule has 0 aromatic carbocycles. The minimum absolute atomic E-state index is 0.0641. The summed E-state index contributed by atoms with van der Waals surface area (Å²) in [6.07, 6.45) is 3.24. The second kappa shape index (κ2) is 5.48. The van der Waals surface area contributed by atoms with E-state index in [1.54, 1.807) is 21.8 Å². The van der Waals surface area contributed by atoms with Gasteiger partial charge in [0.1, 0.15) is 4.21 Å². The third-order valence-electron chi connectivity index (χ3n) is 3.08. The molecule has 0 saturated carbocycles. The molecule has 1 saturated heterocycles. The highest BCUT2D eigenvalue weighted by molar-refractivity contribution is 7.91. The summed E-state index contributed by atoms with van der Waals surface area (Å²) in [7, 11) is -3.30. The van der Waals surface area contributed by atoms with E-state index in [-0.39, 0.29) is 12.6 Å². The third kappa shape index (κ3) is 2.70. The lowest BCUT2D eigenvalue weighted by atomic mass is 10.1. The molecule has 1 aromatic rings. The molecule has 0 bridgehead atoms. The minimum Gasteiger partial charge on any atom is -0.396 e. The van der Waals surface area contributed by atoms with Crippen molar-refractivity contribution in [1.29, 1.82) is 0 Å². The summed E-state index contributed by atoms with van der Waals surface area (Å²) in [5.41, 5.74) is 0. The van der Waals surface area contributed by atoms with Gasteiger partial charge in [-0.05, 0) is 37.1 Å². The average molecular weight is 275 g/mol. The Labute approximate surface area is 106 Å². The average Bonchev–Trinajstić information content (AvgIpc) is 2.97. The lowest BCUT2D eigenvalue weighted by Crippen LogP contribution is -2.35. The first-order valence-corrected chi connectivity index (χ1v) is 8.14. The van der Waals surface area contributed by atoms with Crippen LogP contribution >= 0.6 is 11.3 Å². The molecule has 96 valence electrons. The molecule has 2 heterocycles. The van der Waals surface area contributed by atoms with Crippen LogP contribution in [0, 0.1) is 0 Å². The first kappa shape index (κ1) is 13.0. The Morgan fingerprint density at radius 1 is 1.53 bits per heavy atom. The molecule has 0 aliphatic carbocycles. The third-order valence-corrected chi connectivity index (χ3v) is 6.40. The zero-order chi connectivity index (χ0) is 12.3. The number of thiophene rings is 1. The molecule has 1 atom stereocenters. The summed E-state index contributed by atoms with van der Waals surface area (Å²) in [6.45, 7) is 0.736. The Morgan fingerprint density at radius 3 is 3.00 bits per heavy atom. The molecule has 1 fully saturated rings. The number of nitrogens with zero attached hydrogens (tertiary/aromatic N) is 1. The van der Waals surface area contributed by atoms with Gasteiger partial charge in [0.05, 0.1) is 0 Å². The van der Waals surface area contributed by atoms with Gasteiger partial charge in [0.15, 0.2) is 0 Å². The number of aliphatic hydroxyl groups excluding tert-OH is 1. The monoisotopic (exact) mass is 275 g/mol. The summed E-state index contributed by atoms with van der Waals surface area (Å²) in [6, 6.07) is 3.48. The van der Waals surface area contributed by atoms with Crippen LogP contribution in [0.15, 0.2) is 21.7 Å². The molecule has 2 rings (SSSR count). The van der Waals surface area contributed by atoms with Gasteiger partial charge < -0.3 is 5.11 Å². The Bertz CT molecular complexity index is 441. The zero-order valence-electron chi connectivity index (χ0n) is 9.58. The maximum Gasteiger partial charge on any atom is 0.252 e. The van der Waals surface area contributed by atoms with Crippen LogP contribution in [0.1, 0.15) is 25.7 Å². The van der Waals surface area contributed by atoms with Crippen LogP contribution in [0.2, 0.25) is 0 Å². The van der Waals surface area contributed by atoms with Crippen molar-refractivity contribution in [1.82, 2.24) is 4.31 Å². The van der Waals surface area contributed by atoms with Crippen LogP contribution in [-0.4, -0.2) is 37.0 Å². The summed E-state index contributed by atoms with van der Waals surface area (Å²) in [5.74, 6) is 0. The molecule has 6 heteroatoms. The van der Waals surface area contributed by atoms with Gasteiger partial charge in [-0.15, -0.1) is 11.3 Å². The fourth-order valence-corrected chi connectivity index (χ4v) is 5.11. The van der Waals surface area contributed by atoms with E-state index in [0.717, 1.165) is 19.3 Å². The predicted octanol–water partition coefficient (Wildman–Crippen LogP) is 1.67. The van der Waals surface area contributed by atoms with E-state index >= 15 is 0 Å². The minimum atomic E-state index is -3.30. The van der Waals surface area contributed by atoms with E-state index in [1.807, 2.05) is 0 Å². The number of aliphatic hydroxyl groups is 1. The molecular formula is C11H17NO3S2. The normalized spacial score (nSPS) is 22.1. The largest absolute Gasteiger partial charge is 0.396 e. The number of rotatable bonds is 5. The smallest absolute Gasteiger partial charge is 0.252 e. The van der Waals surface area contributed by atoms with Gasteiger partial charge in [-0.25, -0.2) is 8.42 Å². The Balaban J connectivity index is 2.15. The zero-order valence-corrected chi connectivity index (χ0v) is 11.2. The fraction of sp³-hybridized carbons (Fsp3) is 0.636. The van der Waals surface area contributed by atoms with E-state index in [1.165, 1.54) is 11.3 Å². The van der Waals surface area contributed by atoms with Crippen LogP contribution in [0.5, 0.6) is 0 Å². The van der Waals surface area contributed by atoms with Crippen molar-refractivity contribution < 1.29 is 13.5 Å². The van der Waals surface area contributed by atoms with E-state index < -0.39 is 10.0 Å². The van der Waals surface area contributed by atoms with Crippen LogP contribution in [0.3, 0.4) is 0 Å². The quantitative estimate of drug-likeness (QED) is 0.889. The van der Waals surface area contributed by atoms with Crippen molar-refractivity contribution in [3.63, 3.8) is 0 Å². The van der Waals surface area contributed by atoms with Gasteiger partial charge in [-0.1, -0.05) is 6.07 Å². The van der Waals surface area contributed by atoms with Gasteiger partial charge in [0.2, 0.25) is 0 Å². The van der Waals surface area contributed by atoms with Crippen molar-refractivity contribution in [3.8, 4) is 0 Å². The van der Waals surface area contributed by atoms with Crippen LogP contribution < -0.4 is 0 Å². The Morgan fingerprint density at radius 2 is 2.35 bits per heavy atom. The molecule has 1 aromatic heterocycles. The van der Waals surface area contributed by atoms with Crippen molar-refractivity contribution in [2.45, 2.75) is 35.9 Å². The molecule has 1 unspecified atom stereocenters. The SMILES string of the molecule is O=S(=O)(c1cccs1)N1CCCC1CCCO.